The molecule has 0 aromatic carbocycles. The van der Waals surface area contributed by atoms with Crippen LogP contribution in [0.15, 0.2) is 27.6 Å². The Labute approximate surface area is 105 Å². The van der Waals surface area contributed by atoms with Crippen molar-refractivity contribution in [1.82, 2.24) is 4.90 Å². The van der Waals surface area contributed by atoms with Crippen molar-refractivity contribution < 1.29 is 14.3 Å². The molecule has 0 bridgehead atoms. The molecule has 2 rings (SSSR count). The summed E-state index contributed by atoms with van der Waals surface area (Å²) in [5, 5.41) is 8.85. The topological polar surface area (TPSA) is 70.8 Å². The average Bonchev–Trinajstić information content (AvgIpc) is 2.84. The lowest BCUT2D eigenvalue weighted by atomic mass is 10.1. The van der Waals surface area contributed by atoms with Gasteiger partial charge < -0.3 is 14.4 Å². The van der Waals surface area contributed by atoms with E-state index in [2.05, 4.69) is 0 Å². The molecule has 5 nitrogen and oxygen atoms in total. The number of carbonyl (C=O) groups is 1. The molecule has 1 fully saturated rings. The van der Waals surface area contributed by atoms with E-state index in [-0.39, 0.29) is 18.6 Å². The summed E-state index contributed by atoms with van der Waals surface area (Å²) in [6.07, 6.45) is 4.70. The number of aliphatic hydroxyl groups is 1. The first-order chi connectivity index (χ1) is 8.72. The molecule has 0 spiro atoms. The Morgan fingerprint density at radius 2 is 2.33 bits per heavy atom. The molecule has 5 heteroatoms. The summed E-state index contributed by atoms with van der Waals surface area (Å²) in [6.45, 7) is 0.882. The zero-order valence-corrected chi connectivity index (χ0v) is 10.2. The molecule has 1 saturated heterocycles. The van der Waals surface area contributed by atoms with Gasteiger partial charge in [-0.2, -0.15) is 0 Å². The SMILES string of the molecule is O=C(c1ccc(=O)oc1)N1CCCC1CCCO. The van der Waals surface area contributed by atoms with Crippen molar-refractivity contribution in [2.24, 2.45) is 0 Å². The van der Waals surface area contributed by atoms with Gasteiger partial charge in [0.15, 0.2) is 0 Å². The first-order valence-electron chi connectivity index (χ1n) is 6.23. The third-order valence-corrected chi connectivity index (χ3v) is 3.28. The number of amides is 1. The number of likely N-dealkylation sites (tertiary alicyclic amines) is 1. The van der Waals surface area contributed by atoms with Gasteiger partial charge in [0.1, 0.15) is 6.26 Å². The summed E-state index contributed by atoms with van der Waals surface area (Å²) in [5.74, 6) is -0.0980. The summed E-state index contributed by atoms with van der Waals surface area (Å²) in [4.78, 5) is 24.9. The fourth-order valence-corrected chi connectivity index (χ4v) is 2.38. The van der Waals surface area contributed by atoms with E-state index in [1.165, 1.54) is 18.4 Å². The molecule has 1 aromatic rings. The van der Waals surface area contributed by atoms with Crippen LogP contribution >= 0.6 is 0 Å². The van der Waals surface area contributed by atoms with Crippen molar-refractivity contribution in [3.8, 4) is 0 Å². The number of carbonyl (C=O) groups excluding carboxylic acids is 1. The molecule has 18 heavy (non-hydrogen) atoms. The van der Waals surface area contributed by atoms with Crippen molar-refractivity contribution in [2.45, 2.75) is 31.7 Å². The van der Waals surface area contributed by atoms with Gasteiger partial charge in [-0.1, -0.05) is 0 Å². The second kappa shape index (κ2) is 5.82. The monoisotopic (exact) mass is 251 g/mol. The molecular weight excluding hydrogens is 234 g/mol. The fourth-order valence-electron chi connectivity index (χ4n) is 2.38. The minimum atomic E-state index is -0.454. The van der Waals surface area contributed by atoms with Crippen molar-refractivity contribution >= 4 is 5.91 Å². The van der Waals surface area contributed by atoms with Gasteiger partial charge in [-0.3, -0.25) is 4.79 Å². The predicted molar refractivity (Wildman–Crippen MR) is 65.4 cm³/mol. The van der Waals surface area contributed by atoms with E-state index in [1.807, 2.05) is 4.90 Å². The number of aliphatic hydroxyl groups excluding tert-OH is 1. The Bertz CT molecular complexity index is 448. The lowest BCUT2D eigenvalue weighted by Gasteiger charge is -2.24. The van der Waals surface area contributed by atoms with Crippen LogP contribution in [0.5, 0.6) is 0 Å². The van der Waals surface area contributed by atoms with Crippen molar-refractivity contribution in [1.29, 1.82) is 0 Å². The number of hydrogen-bond acceptors (Lipinski definition) is 4. The van der Waals surface area contributed by atoms with E-state index in [0.717, 1.165) is 25.8 Å². The van der Waals surface area contributed by atoms with Gasteiger partial charge >= 0.3 is 5.63 Å². The van der Waals surface area contributed by atoms with Crippen LogP contribution in [0.25, 0.3) is 0 Å². The molecular formula is C13H17NO4. The van der Waals surface area contributed by atoms with Crippen molar-refractivity contribution in [3.05, 3.63) is 34.4 Å². The van der Waals surface area contributed by atoms with E-state index >= 15 is 0 Å². The molecule has 1 atom stereocenters. The Kier molecular flexibility index (Phi) is 4.15. The molecule has 1 aliphatic rings. The van der Waals surface area contributed by atoms with Gasteiger partial charge in [-0.25, -0.2) is 4.79 Å². The molecule has 0 aliphatic carbocycles. The number of rotatable bonds is 4. The van der Waals surface area contributed by atoms with E-state index in [1.54, 1.807) is 0 Å². The van der Waals surface area contributed by atoms with E-state index in [9.17, 15) is 9.59 Å². The van der Waals surface area contributed by atoms with E-state index in [0.29, 0.717) is 12.0 Å². The summed E-state index contributed by atoms with van der Waals surface area (Å²) < 4.78 is 4.71. The summed E-state index contributed by atoms with van der Waals surface area (Å²) in [6, 6.07) is 2.94. The van der Waals surface area contributed by atoms with E-state index < -0.39 is 5.63 Å². The van der Waals surface area contributed by atoms with Gasteiger partial charge in [0.2, 0.25) is 0 Å². The third kappa shape index (κ3) is 2.79. The minimum absolute atomic E-state index is 0.0980. The van der Waals surface area contributed by atoms with Crippen LogP contribution in [0.3, 0.4) is 0 Å². The Morgan fingerprint density at radius 3 is 3.00 bits per heavy atom. The third-order valence-electron chi connectivity index (χ3n) is 3.28. The van der Waals surface area contributed by atoms with Gasteiger partial charge in [0.25, 0.3) is 5.91 Å². The van der Waals surface area contributed by atoms with Crippen LogP contribution < -0.4 is 5.63 Å². The highest BCUT2D eigenvalue weighted by molar-refractivity contribution is 5.94. The summed E-state index contributed by atoms with van der Waals surface area (Å²) in [5.41, 5.74) is -0.0460. The highest BCUT2D eigenvalue weighted by atomic mass is 16.4. The lowest BCUT2D eigenvalue weighted by molar-refractivity contribution is 0.0721. The van der Waals surface area contributed by atoms with Crippen LogP contribution in [0.2, 0.25) is 0 Å². The second-order valence-corrected chi connectivity index (χ2v) is 4.50. The Balaban J connectivity index is 2.07. The zero-order chi connectivity index (χ0) is 13.0. The highest BCUT2D eigenvalue weighted by Crippen LogP contribution is 2.23. The largest absolute Gasteiger partial charge is 0.430 e. The predicted octanol–water partition coefficient (Wildman–Crippen LogP) is 1.02. The zero-order valence-electron chi connectivity index (χ0n) is 10.2. The number of hydrogen-bond donors (Lipinski definition) is 1. The highest BCUT2D eigenvalue weighted by Gasteiger charge is 2.29. The fraction of sp³-hybridized carbons (Fsp3) is 0.538. The van der Waals surface area contributed by atoms with Gasteiger partial charge in [-0.05, 0) is 31.7 Å². The molecule has 98 valence electrons. The molecule has 0 saturated carbocycles. The van der Waals surface area contributed by atoms with Crippen LogP contribution in [-0.4, -0.2) is 35.1 Å². The maximum Gasteiger partial charge on any atom is 0.335 e. The average molecular weight is 251 g/mol. The normalized spacial score (nSPS) is 19.2. The molecule has 1 N–H and O–H groups in total. The van der Waals surface area contributed by atoms with Gasteiger partial charge in [0.05, 0.1) is 5.56 Å². The standard InChI is InChI=1S/C13H17NO4/c15-8-2-4-11-3-1-7-14(11)13(17)10-5-6-12(16)18-9-10/h5-6,9,11,15H,1-4,7-8H2. The smallest absolute Gasteiger partial charge is 0.335 e. The molecule has 2 heterocycles. The van der Waals surface area contributed by atoms with Gasteiger partial charge in [-0.15, -0.1) is 0 Å². The second-order valence-electron chi connectivity index (χ2n) is 4.50. The Morgan fingerprint density at radius 1 is 1.50 bits per heavy atom. The first kappa shape index (κ1) is 12.8. The quantitative estimate of drug-likeness (QED) is 0.867. The van der Waals surface area contributed by atoms with Crippen LogP contribution in [0, 0.1) is 0 Å². The maximum absolute atomic E-state index is 12.2. The molecule has 1 aromatic heterocycles. The summed E-state index contributed by atoms with van der Waals surface area (Å²) in [7, 11) is 0. The van der Waals surface area contributed by atoms with Crippen molar-refractivity contribution in [2.75, 3.05) is 13.2 Å². The molecule has 1 unspecified atom stereocenters. The molecule has 0 radical (unpaired) electrons. The van der Waals surface area contributed by atoms with Gasteiger partial charge in [0, 0.05) is 25.3 Å². The molecule has 1 aliphatic heterocycles. The first-order valence-corrected chi connectivity index (χ1v) is 6.23. The summed E-state index contributed by atoms with van der Waals surface area (Å²) >= 11 is 0. The van der Waals surface area contributed by atoms with Crippen molar-refractivity contribution in [3.63, 3.8) is 0 Å². The van der Waals surface area contributed by atoms with E-state index in [4.69, 9.17) is 9.52 Å². The van der Waals surface area contributed by atoms with Crippen LogP contribution in [0.4, 0.5) is 0 Å². The Hall–Kier alpha value is -1.62. The van der Waals surface area contributed by atoms with Crippen LogP contribution in [-0.2, 0) is 0 Å². The molecule has 1 amide bonds. The number of nitrogens with zero attached hydrogens (tertiary/aromatic N) is 1. The lowest BCUT2D eigenvalue weighted by Crippen LogP contribution is -2.35. The minimum Gasteiger partial charge on any atom is -0.430 e. The van der Waals surface area contributed by atoms with Crippen LogP contribution in [0.1, 0.15) is 36.0 Å². The maximum atomic E-state index is 12.2.